The van der Waals surface area contributed by atoms with E-state index in [0.29, 0.717) is 0 Å². The maximum Gasteiger partial charge on any atom is 0.0547 e. The van der Waals surface area contributed by atoms with Crippen molar-refractivity contribution >= 4 is 55.0 Å². The molecule has 0 radical (unpaired) electrons. The van der Waals surface area contributed by atoms with Crippen LogP contribution in [0, 0.1) is 0 Å². The van der Waals surface area contributed by atoms with E-state index >= 15 is 0 Å². The summed E-state index contributed by atoms with van der Waals surface area (Å²) in [6, 6.07) is 43.1. The normalized spacial score (nSPS) is 11.7. The lowest BCUT2D eigenvalue weighted by molar-refractivity contribution is 1.18. The Morgan fingerprint density at radius 2 is 1.15 bits per heavy atom. The van der Waals surface area contributed by atoms with Crippen molar-refractivity contribution in [1.82, 2.24) is 4.57 Å². The lowest BCUT2D eigenvalue weighted by Crippen LogP contribution is -1.93. The maximum atomic E-state index is 6.46. The average Bonchev–Trinajstić information content (AvgIpc) is 3.24. The quantitative estimate of drug-likeness (QED) is 0.245. The van der Waals surface area contributed by atoms with Crippen molar-refractivity contribution in [3.05, 3.63) is 126 Å². The average molecular weight is 454 g/mol. The molecule has 0 amide bonds. The van der Waals surface area contributed by atoms with E-state index in [4.69, 9.17) is 11.6 Å². The van der Waals surface area contributed by atoms with Crippen LogP contribution in [0.4, 0.5) is 0 Å². The first kappa shape index (κ1) is 19.4. The van der Waals surface area contributed by atoms with E-state index < -0.39 is 0 Å². The smallest absolute Gasteiger partial charge is 0.0547 e. The molecule has 0 aliphatic heterocycles. The second-order valence-corrected chi connectivity index (χ2v) is 9.13. The van der Waals surface area contributed by atoms with E-state index in [9.17, 15) is 0 Å². The molecular formula is C32H20ClN. The number of benzene rings is 6. The maximum absolute atomic E-state index is 6.46. The summed E-state index contributed by atoms with van der Waals surface area (Å²) >= 11 is 6.46. The summed E-state index contributed by atoms with van der Waals surface area (Å²) in [7, 11) is 0. The van der Waals surface area contributed by atoms with Gasteiger partial charge in [-0.05, 0) is 57.6 Å². The molecule has 1 heterocycles. The summed E-state index contributed by atoms with van der Waals surface area (Å²) in [6.07, 6.45) is 0. The summed E-state index contributed by atoms with van der Waals surface area (Å²) in [5, 5.41) is 8.19. The van der Waals surface area contributed by atoms with E-state index in [1.807, 2.05) is 12.1 Å². The van der Waals surface area contributed by atoms with Crippen molar-refractivity contribution in [2.24, 2.45) is 0 Å². The first-order valence-corrected chi connectivity index (χ1v) is 11.9. The topological polar surface area (TPSA) is 4.93 Å². The molecule has 1 aromatic heterocycles. The summed E-state index contributed by atoms with van der Waals surface area (Å²) in [4.78, 5) is 0. The number of hydrogen-bond donors (Lipinski definition) is 0. The van der Waals surface area contributed by atoms with Crippen molar-refractivity contribution in [1.29, 1.82) is 0 Å². The van der Waals surface area contributed by atoms with E-state index in [1.165, 1.54) is 49.1 Å². The highest BCUT2D eigenvalue weighted by molar-refractivity contribution is 6.36. The van der Waals surface area contributed by atoms with Crippen LogP contribution in [0.25, 0.3) is 60.2 Å². The zero-order chi connectivity index (χ0) is 22.6. The zero-order valence-corrected chi connectivity index (χ0v) is 19.1. The fourth-order valence-corrected chi connectivity index (χ4v) is 5.55. The molecule has 0 fully saturated rings. The highest BCUT2D eigenvalue weighted by atomic mass is 35.5. The van der Waals surface area contributed by atoms with Crippen LogP contribution in [0.5, 0.6) is 0 Å². The van der Waals surface area contributed by atoms with Crippen molar-refractivity contribution < 1.29 is 0 Å². The Bertz CT molecular complexity index is 1860. The monoisotopic (exact) mass is 453 g/mol. The molecule has 6 aromatic carbocycles. The molecule has 1 nitrogen and oxygen atoms in total. The Morgan fingerprint density at radius 1 is 0.471 bits per heavy atom. The molecule has 0 unspecified atom stereocenters. The summed E-state index contributed by atoms with van der Waals surface area (Å²) in [5.74, 6) is 0. The molecule has 0 saturated heterocycles. The molecule has 34 heavy (non-hydrogen) atoms. The van der Waals surface area contributed by atoms with Crippen LogP contribution in [-0.4, -0.2) is 4.57 Å². The van der Waals surface area contributed by atoms with Crippen molar-refractivity contribution in [2.75, 3.05) is 0 Å². The van der Waals surface area contributed by atoms with Crippen molar-refractivity contribution in [3.8, 4) is 16.8 Å². The first-order valence-electron chi connectivity index (χ1n) is 11.5. The van der Waals surface area contributed by atoms with Crippen LogP contribution >= 0.6 is 11.6 Å². The van der Waals surface area contributed by atoms with Crippen LogP contribution in [0.3, 0.4) is 0 Å². The molecule has 0 atom stereocenters. The number of para-hydroxylation sites is 1. The van der Waals surface area contributed by atoms with Crippen molar-refractivity contribution in [2.45, 2.75) is 0 Å². The Labute approximate surface area is 202 Å². The highest BCUT2D eigenvalue weighted by Crippen LogP contribution is 2.38. The van der Waals surface area contributed by atoms with Crippen molar-refractivity contribution in [3.63, 3.8) is 0 Å². The van der Waals surface area contributed by atoms with Crippen LogP contribution in [0.15, 0.2) is 121 Å². The van der Waals surface area contributed by atoms with Gasteiger partial charge in [-0.25, -0.2) is 0 Å². The molecule has 0 saturated carbocycles. The number of nitrogens with zero attached hydrogens (tertiary/aromatic N) is 1. The lowest BCUT2D eigenvalue weighted by Gasteiger charge is -2.11. The SMILES string of the molecule is Clc1ccc(-c2ccc(-n3c4ccccc4c4c5ccccc5ccc43)cc2)c2ccccc12. The largest absolute Gasteiger partial charge is 0.309 e. The molecule has 0 N–H and O–H groups in total. The van der Waals surface area contributed by atoms with Gasteiger partial charge in [0.15, 0.2) is 0 Å². The van der Waals surface area contributed by atoms with Gasteiger partial charge in [0.25, 0.3) is 0 Å². The van der Waals surface area contributed by atoms with Crippen LogP contribution in [0.1, 0.15) is 0 Å². The van der Waals surface area contributed by atoms with E-state index in [2.05, 4.69) is 114 Å². The van der Waals surface area contributed by atoms with Gasteiger partial charge in [-0.3, -0.25) is 0 Å². The molecular weight excluding hydrogens is 434 g/mol. The predicted molar refractivity (Wildman–Crippen MR) is 146 cm³/mol. The van der Waals surface area contributed by atoms with Gasteiger partial charge >= 0.3 is 0 Å². The van der Waals surface area contributed by atoms with Gasteiger partial charge in [-0.15, -0.1) is 0 Å². The van der Waals surface area contributed by atoms with Crippen LogP contribution in [0.2, 0.25) is 5.02 Å². The van der Waals surface area contributed by atoms with Gasteiger partial charge in [-0.1, -0.05) is 103 Å². The number of fused-ring (bicyclic) bond motifs is 6. The zero-order valence-electron chi connectivity index (χ0n) is 18.4. The Morgan fingerprint density at radius 3 is 1.97 bits per heavy atom. The molecule has 0 aliphatic rings. The molecule has 160 valence electrons. The Balaban J connectivity index is 1.46. The minimum absolute atomic E-state index is 0.786. The summed E-state index contributed by atoms with van der Waals surface area (Å²) in [6.45, 7) is 0. The molecule has 7 aromatic rings. The van der Waals surface area contributed by atoms with E-state index in [-0.39, 0.29) is 0 Å². The van der Waals surface area contributed by atoms with Gasteiger partial charge in [-0.2, -0.15) is 0 Å². The van der Waals surface area contributed by atoms with E-state index in [0.717, 1.165) is 16.1 Å². The summed E-state index contributed by atoms with van der Waals surface area (Å²) < 4.78 is 2.38. The number of halogens is 1. The number of hydrogen-bond acceptors (Lipinski definition) is 0. The fraction of sp³-hybridized carbons (Fsp3) is 0. The molecule has 7 rings (SSSR count). The van der Waals surface area contributed by atoms with E-state index in [1.54, 1.807) is 0 Å². The molecule has 0 spiro atoms. The molecule has 0 aliphatic carbocycles. The first-order chi connectivity index (χ1) is 16.8. The fourth-order valence-electron chi connectivity index (χ4n) is 5.32. The van der Waals surface area contributed by atoms with Crippen LogP contribution < -0.4 is 0 Å². The second-order valence-electron chi connectivity index (χ2n) is 8.72. The predicted octanol–water partition coefficient (Wildman–Crippen LogP) is 9.41. The van der Waals surface area contributed by atoms with Gasteiger partial charge in [0.2, 0.25) is 0 Å². The standard InChI is InChI=1S/C32H20ClN/c33-29-19-18-24(26-9-3-4-10-27(26)29)22-13-16-23(17-14-22)34-30-12-6-5-11-28(30)32-25-8-2-1-7-21(25)15-20-31(32)34/h1-20H. The highest BCUT2D eigenvalue weighted by Gasteiger charge is 2.14. The Hall–Kier alpha value is -4.07. The third-order valence-electron chi connectivity index (χ3n) is 6.87. The minimum Gasteiger partial charge on any atom is -0.309 e. The van der Waals surface area contributed by atoms with Crippen LogP contribution in [-0.2, 0) is 0 Å². The van der Waals surface area contributed by atoms with Gasteiger partial charge in [0, 0.05) is 26.9 Å². The van der Waals surface area contributed by atoms with Gasteiger partial charge in [0.1, 0.15) is 0 Å². The summed E-state index contributed by atoms with van der Waals surface area (Å²) in [5.41, 5.74) is 5.98. The third kappa shape index (κ3) is 2.81. The minimum atomic E-state index is 0.786. The molecule has 2 heteroatoms. The van der Waals surface area contributed by atoms with Gasteiger partial charge in [0.05, 0.1) is 11.0 Å². The number of rotatable bonds is 2. The number of aromatic nitrogens is 1. The second kappa shape index (κ2) is 7.48. The van der Waals surface area contributed by atoms with Gasteiger partial charge < -0.3 is 4.57 Å². The lowest BCUT2D eigenvalue weighted by atomic mass is 9.98. The third-order valence-corrected chi connectivity index (χ3v) is 7.20. The Kier molecular flexibility index (Phi) is 4.27. The molecule has 0 bridgehead atoms.